The first-order valence-electron chi connectivity index (χ1n) is 6.73. The van der Waals surface area contributed by atoms with Gasteiger partial charge in [-0.25, -0.2) is 4.98 Å². The van der Waals surface area contributed by atoms with E-state index in [1.54, 1.807) is 0 Å². The van der Waals surface area contributed by atoms with Crippen LogP contribution >= 0.6 is 0 Å². The highest BCUT2D eigenvalue weighted by atomic mass is 16.5. The minimum absolute atomic E-state index is 0.188. The highest BCUT2D eigenvalue weighted by Crippen LogP contribution is 2.45. The van der Waals surface area contributed by atoms with Gasteiger partial charge in [0.05, 0.1) is 37.0 Å². The number of hydrogen-bond acceptors (Lipinski definition) is 3. The van der Waals surface area contributed by atoms with E-state index < -0.39 is 6.10 Å². The van der Waals surface area contributed by atoms with Crippen molar-refractivity contribution in [3.05, 3.63) is 42.4 Å². The van der Waals surface area contributed by atoms with E-state index in [1.807, 2.05) is 12.5 Å². The molecule has 1 saturated heterocycles. The number of aliphatic hydroxyl groups is 1. The Hall–Kier alpha value is -1.65. The van der Waals surface area contributed by atoms with Gasteiger partial charge in [-0.05, 0) is 12.0 Å². The largest absolute Gasteiger partial charge is 0.390 e. The Bertz CT molecular complexity index is 608. The molecular formula is C15H16N2O2. The third-order valence-corrected chi connectivity index (χ3v) is 4.31. The summed E-state index contributed by atoms with van der Waals surface area (Å²) < 4.78 is 7.55. The van der Waals surface area contributed by atoms with Crippen LogP contribution in [0.3, 0.4) is 0 Å². The quantitative estimate of drug-likeness (QED) is 0.847. The molecule has 0 spiro atoms. The fraction of sp³-hybridized carbons (Fsp3) is 0.400. The van der Waals surface area contributed by atoms with Gasteiger partial charge in [0.15, 0.2) is 0 Å². The highest BCUT2D eigenvalue weighted by Gasteiger charge is 2.38. The molecule has 2 aromatic rings. The van der Waals surface area contributed by atoms with Gasteiger partial charge in [-0.3, -0.25) is 0 Å². The summed E-state index contributed by atoms with van der Waals surface area (Å²) in [4.78, 5) is 4.26. The van der Waals surface area contributed by atoms with E-state index in [9.17, 15) is 5.11 Å². The molecule has 0 amide bonds. The number of benzene rings is 1. The smallest absolute Gasteiger partial charge is 0.0956 e. The first-order chi connectivity index (χ1) is 9.36. The molecule has 1 N–H and O–H groups in total. The number of rotatable bonds is 1. The molecule has 98 valence electrons. The summed E-state index contributed by atoms with van der Waals surface area (Å²) in [6.45, 7) is 1.16. The number of ether oxygens (including phenoxy) is 1. The van der Waals surface area contributed by atoms with Crippen LogP contribution in [0.5, 0.6) is 0 Å². The molecule has 0 saturated carbocycles. The van der Waals surface area contributed by atoms with Crippen LogP contribution in [0, 0.1) is 5.92 Å². The molecule has 1 aromatic carbocycles. The summed E-state index contributed by atoms with van der Waals surface area (Å²) in [5.74, 6) is 0.199. The Balaban J connectivity index is 1.84. The molecule has 4 nitrogen and oxygen atoms in total. The SMILES string of the molecule is O[C@@H]1COCC[C@@H]1[C@@H]1c2ccccc2-c2cncn21. The van der Waals surface area contributed by atoms with Crippen LogP contribution < -0.4 is 0 Å². The monoisotopic (exact) mass is 256 g/mol. The molecule has 3 atom stereocenters. The Kier molecular flexibility index (Phi) is 2.47. The first-order valence-corrected chi connectivity index (χ1v) is 6.73. The van der Waals surface area contributed by atoms with Crippen molar-refractivity contribution in [2.24, 2.45) is 5.92 Å². The molecular weight excluding hydrogens is 240 g/mol. The standard InChI is InChI=1S/C15H16N2O2/c18-14-8-19-6-5-12(14)15-11-4-2-1-3-10(11)13-7-16-9-17(13)15/h1-4,7,9,12,14-15,18H,5-6,8H2/t12-,14+,15-/m0/s1. The molecule has 1 aromatic heterocycles. The number of hydrogen-bond donors (Lipinski definition) is 1. The Morgan fingerprint density at radius 2 is 2.21 bits per heavy atom. The predicted molar refractivity (Wildman–Crippen MR) is 70.7 cm³/mol. The van der Waals surface area contributed by atoms with Crippen molar-refractivity contribution in [2.45, 2.75) is 18.6 Å². The van der Waals surface area contributed by atoms with Crippen molar-refractivity contribution in [1.29, 1.82) is 0 Å². The average molecular weight is 256 g/mol. The zero-order valence-corrected chi connectivity index (χ0v) is 10.6. The molecule has 0 aliphatic carbocycles. The Morgan fingerprint density at radius 1 is 1.32 bits per heavy atom. The fourth-order valence-corrected chi connectivity index (χ4v) is 3.42. The zero-order valence-electron chi connectivity index (χ0n) is 10.6. The predicted octanol–water partition coefficient (Wildman–Crippen LogP) is 1.85. The van der Waals surface area contributed by atoms with Crippen molar-refractivity contribution >= 4 is 0 Å². The van der Waals surface area contributed by atoms with E-state index in [0.29, 0.717) is 6.61 Å². The van der Waals surface area contributed by atoms with Crippen LogP contribution in [0.15, 0.2) is 36.8 Å². The molecule has 4 rings (SSSR count). The summed E-state index contributed by atoms with van der Waals surface area (Å²) in [7, 11) is 0. The first kappa shape index (κ1) is 11.2. The summed E-state index contributed by atoms with van der Waals surface area (Å²) >= 11 is 0. The second-order valence-electron chi connectivity index (χ2n) is 5.31. The lowest BCUT2D eigenvalue weighted by atomic mass is 9.85. The molecule has 19 heavy (non-hydrogen) atoms. The average Bonchev–Trinajstić information content (AvgIpc) is 3.00. The van der Waals surface area contributed by atoms with Gasteiger partial charge in [-0.15, -0.1) is 0 Å². The van der Waals surface area contributed by atoms with E-state index >= 15 is 0 Å². The number of fused-ring (bicyclic) bond motifs is 3. The summed E-state index contributed by atoms with van der Waals surface area (Å²) in [6, 6.07) is 8.60. The van der Waals surface area contributed by atoms with Gasteiger partial charge in [0, 0.05) is 18.1 Å². The van der Waals surface area contributed by atoms with Crippen molar-refractivity contribution < 1.29 is 9.84 Å². The van der Waals surface area contributed by atoms with Crippen LogP contribution in [-0.2, 0) is 4.74 Å². The van der Waals surface area contributed by atoms with E-state index in [-0.39, 0.29) is 12.0 Å². The normalized spacial score (nSPS) is 29.0. The Labute approximate surface area is 111 Å². The van der Waals surface area contributed by atoms with Gasteiger partial charge in [0.1, 0.15) is 0 Å². The highest BCUT2D eigenvalue weighted by molar-refractivity contribution is 5.69. The van der Waals surface area contributed by atoms with Crippen molar-refractivity contribution in [2.75, 3.05) is 13.2 Å². The van der Waals surface area contributed by atoms with Crippen LogP contribution in [-0.4, -0.2) is 34.0 Å². The van der Waals surface area contributed by atoms with Gasteiger partial charge < -0.3 is 14.4 Å². The molecule has 1 fully saturated rings. The van der Waals surface area contributed by atoms with E-state index in [2.05, 4.69) is 33.8 Å². The number of aromatic nitrogens is 2. The fourth-order valence-electron chi connectivity index (χ4n) is 3.42. The Morgan fingerprint density at radius 3 is 3.11 bits per heavy atom. The summed E-state index contributed by atoms with van der Waals surface area (Å²) in [5, 5.41) is 10.3. The summed E-state index contributed by atoms with van der Waals surface area (Å²) in [6.07, 6.45) is 4.27. The second-order valence-corrected chi connectivity index (χ2v) is 5.31. The van der Waals surface area contributed by atoms with Crippen LogP contribution in [0.4, 0.5) is 0 Å². The van der Waals surface area contributed by atoms with E-state index in [0.717, 1.165) is 18.7 Å². The maximum absolute atomic E-state index is 10.3. The number of imidazole rings is 1. The third kappa shape index (κ3) is 1.57. The molecule has 2 aliphatic heterocycles. The molecule has 4 heteroatoms. The molecule has 3 heterocycles. The maximum atomic E-state index is 10.3. The van der Waals surface area contributed by atoms with Gasteiger partial charge in [0.25, 0.3) is 0 Å². The van der Waals surface area contributed by atoms with Crippen LogP contribution in [0.2, 0.25) is 0 Å². The zero-order chi connectivity index (χ0) is 12.8. The maximum Gasteiger partial charge on any atom is 0.0956 e. The minimum Gasteiger partial charge on any atom is -0.390 e. The van der Waals surface area contributed by atoms with E-state index in [1.165, 1.54) is 11.1 Å². The van der Waals surface area contributed by atoms with Crippen LogP contribution in [0.1, 0.15) is 18.0 Å². The van der Waals surface area contributed by atoms with Crippen molar-refractivity contribution in [3.63, 3.8) is 0 Å². The lowest BCUT2D eigenvalue weighted by Crippen LogP contribution is -2.37. The topological polar surface area (TPSA) is 47.3 Å². The minimum atomic E-state index is -0.403. The molecule has 0 unspecified atom stereocenters. The number of nitrogens with zero attached hydrogens (tertiary/aromatic N) is 2. The van der Waals surface area contributed by atoms with Gasteiger partial charge in [-0.2, -0.15) is 0 Å². The molecule has 0 bridgehead atoms. The molecule has 0 radical (unpaired) electrons. The van der Waals surface area contributed by atoms with E-state index in [4.69, 9.17) is 4.74 Å². The third-order valence-electron chi connectivity index (χ3n) is 4.31. The van der Waals surface area contributed by atoms with Gasteiger partial charge in [-0.1, -0.05) is 24.3 Å². The number of aliphatic hydroxyl groups excluding tert-OH is 1. The van der Waals surface area contributed by atoms with Gasteiger partial charge >= 0.3 is 0 Å². The lowest BCUT2D eigenvalue weighted by Gasteiger charge is -2.33. The second kappa shape index (κ2) is 4.18. The van der Waals surface area contributed by atoms with Gasteiger partial charge in [0.2, 0.25) is 0 Å². The lowest BCUT2D eigenvalue weighted by molar-refractivity contribution is -0.0540. The molecule has 2 aliphatic rings. The van der Waals surface area contributed by atoms with Crippen molar-refractivity contribution in [3.8, 4) is 11.3 Å². The van der Waals surface area contributed by atoms with Crippen LogP contribution in [0.25, 0.3) is 11.3 Å². The van der Waals surface area contributed by atoms with Crippen molar-refractivity contribution in [1.82, 2.24) is 9.55 Å². The summed E-state index contributed by atoms with van der Waals surface area (Å²) in [5.41, 5.74) is 3.69.